The zero-order valence-corrected chi connectivity index (χ0v) is 13.7. The van der Waals surface area contributed by atoms with Crippen LogP contribution < -0.4 is 10.6 Å². The monoisotopic (exact) mass is 375 g/mol. The number of amides is 3. The first-order chi connectivity index (χ1) is 10.0. The summed E-state index contributed by atoms with van der Waals surface area (Å²) in [5.41, 5.74) is 0.493. The largest absolute Gasteiger partial charge is 0.382 e. The lowest BCUT2D eigenvalue weighted by atomic mass is 10.2. The summed E-state index contributed by atoms with van der Waals surface area (Å²) in [5.74, 6) is -0.222. The zero-order chi connectivity index (χ0) is 15.4. The topological polar surface area (TPSA) is 70.7 Å². The highest BCUT2D eigenvalue weighted by atomic mass is 79.9. The van der Waals surface area contributed by atoms with E-state index in [9.17, 15) is 9.59 Å². The van der Waals surface area contributed by atoms with Crippen LogP contribution >= 0.6 is 27.5 Å². The molecule has 0 aliphatic carbocycles. The summed E-state index contributed by atoms with van der Waals surface area (Å²) in [6, 6.07) is 4.14. The van der Waals surface area contributed by atoms with E-state index in [1.807, 2.05) is 0 Å². The summed E-state index contributed by atoms with van der Waals surface area (Å²) < 4.78 is 5.83. The second kappa shape index (κ2) is 7.11. The fourth-order valence-electron chi connectivity index (χ4n) is 2.06. The van der Waals surface area contributed by atoms with Gasteiger partial charge in [-0.25, -0.2) is 4.79 Å². The molecule has 2 N–H and O–H groups in total. The standard InChI is InChI=1S/C13H15BrClN3O3/c1-21-7-11-12(19)16-4-5-18(11)13(20)17-10-3-2-8(14)6-9(10)15/h2-3,6,11H,4-5,7H2,1H3,(H,16,19)(H,17,20). The molecule has 1 aromatic carbocycles. The number of nitrogens with zero attached hydrogens (tertiary/aromatic N) is 1. The van der Waals surface area contributed by atoms with Gasteiger partial charge in [-0.15, -0.1) is 0 Å². The van der Waals surface area contributed by atoms with E-state index in [-0.39, 0.29) is 18.5 Å². The number of carbonyl (C=O) groups is 2. The summed E-state index contributed by atoms with van der Waals surface area (Å²) in [6.07, 6.45) is 0. The van der Waals surface area contributed by atoms with Gasteiger partial charge < -0.3 is 20.3 Å². The van der Waals surface area contributed by atoms with Crippen molar-refractivity contribution in [1.29, 1.82) is 0 Å². The van der Waals surface area contributed by atoms with Crippen molar-refractivity contribution in [3.05, 3.63) is 27.7 Å². The van der Waals surface area contributed by atoms with Crippen molar-refractivity contribution >= 4 is 45.2 Å². The molecular weight excluding hydrogens is 362 g/mol. The summed E-state index contributed by atoms with van der Waals surface area (Å²) in [4.78, 5) is 25.6. The Morgan fingerprint density at radius 2 is 2.38 bits per heavy atom. The minimum absolute atomic E-state index is 0.146. The fourth-order valence-corrected chi connectivity index (χ4v) is 2.78. The molecule has 3 amide bonds. The normalized spacial score (nSPS) is 18.3. The van der Waals surface area contributed by atoms with Crippen molar-refractivity contribution in [2.75, 3.05) is 32.1 Å². The van der Waals surface area contributed by atoms with Crippen molar-refractivity contribution in [3.63, 3.8) is 0 Å². The second-order valence-electron chi connectivity index (χ2n) is 4.51. The summed E-state index contributed by atoms with van der Waals surface area (Å²) in [6.45, 7) is 0.980. The first-order valence-corrected chi connectivity index (χ1v) is 7.49. The van der Waals surface area contributed by atoms with E-state index >= 15 is 0 Å². The molecule has 1 saturated heterocycles. The molecule has 0 saturated carbocycles. The van der Waals surface area contributed by atoms with Crippen molar-refractivity contribution in [2.24, 2.45) is 0 Å². The number of piperazine rings is 1. The number of hydrogen-bond acceptors (Lipinski definition) is 3. The van der Waals surface area contributed by atoms with Gasteiger partial charge in [-0.1, -0.05) is 27.5 Å². The molecular formula is C13H15BrClN3O3. The Hall–Kier alpha value is -1.31. The van der Waals surface area contributed by atoms with Gasteiger partial charge in [-0.3, -0.25) is 4.79 Å². The summed E-state index contributed by atoms with van der Waals surface area (Å²) in [5, 5.41) is 5.85. The van der Waals surface area contributed by atoms with Crippen LogP contribution in [0.5, 0.6) is 0 Å². The van der Waals surface area contributed by atoms with E-state index in [4.69, 9.17) is 16.3 Å². The van der Waals surface area contributed by atoms with Crippen molar-refractivity contribution in [2.45, 2.75) is 6.04 Å². The lowest BCUT2D eigenvalue weighted by Gasteiger charge is -2.34. The summed E-state index contributed by atoms with van der Waals surface area (Å²) >= 11 is 9.37. The molecule has 1 atom stereocenters. The number of ether oxygens (including phenoxy) is 1. The van der Waals surface area contributed by atoms with E-state index < -0.39 is 6.04 Å². The maximum atomic E-state index is 12.3. The molecule has 1 fully saturated rings. The van der Waals surface area contributed by atoms with Crippen LogP contribution in [0.25, 0.3) is 0 Å². The quantitative estimate of drug-likeness (QED) is 0.848. The lowest BCUT2D eigenvalue weighted by molar-refractivity contribution is -0.129. The molecule has 1 heterocycles. The zero-order valence-electron chi connectivity index (χ0n) is 11.4. The number of benzene rings is 1. The number of carbonyl (C=O) groups excluding carboxylic acids is 2. The minimum atomic E-state index is -0.641. The number of hydrogen-bond donors (Lipinski definition) is 2. The predicted octanol–water partition coefficient (Wildman–Crippen LogP) is 2.08. The molecule has 1 unspecified atom stereocenters. The molecule has 0 aromatic heterocycles. The fraction of sp³-hybridized carbons (Fsp3) is 0.385. The number of nitrogens with one attached hydrogen (secondary N) is 2. The molecule has 0 radical (unpaired) electrons. The van der Waals surface area contributed by atoms with Crippen LogP contribution in [-0.4, -0.2) is 49.7 Å². The average molecular weight is 377 g/mol. The van der Waals surface area contributed by atoms with Crippen LogP contribution in [-0.2, 0) is 9.53 Å². The number of rotatable bonds is 3. The molecule has 1 aliphatic heterocycles. The van der Waals surface area contributed by atoms with E-state index in [2.05, 4.69) is 26.6 Å². The average Bonchev–Trinajstić information content (AvgIpc) is 2.44. The Bertz CT molecular complexity index is 555. The maximum absolute atomic E-state index is 12.3. The van der Waals surface area contributed by atoms with Gasteiger partial charge in [-0.2, -0.15) is 0 Å². The summed E-state index contributed by atoms with van der Waals surface area (Å²) in [7, 11) is 1.49. The SMILES string of the molecule is COCC1C(=O)NCCN1C(=O)Nc1ccc(Br)cc1Cl. The molecule has 0 spiro atoms. The van der Waals surface area contributed by atoms with E-state index in [1.165, 1.54) is 12.0 Å². The number of methoxy groups -OCH3 is 1. The van der Waals surface area contributed by atoms with Crippen LogP contribution in [0.3, 0.4) is 0 Å². The third kappa shape index (κ3) is 3.87. The van der Waals surface area contributed by atoms with E-state index in [1.54, 1.807) is 18.2 Å². The van der Waals surface area contributed by atoms with Crippen molar-refractivity contribution in [1.82, 2.24) is 10.2 Å². The first-order valence-electron chi connectivity index (χ1n) is 6.32. The predicted molar refractivity (Wildman–Crippen MR) is 83.6 cm³/mol. The third-order valence-corrected chi connectivity index (χ3v) is 3.89. The number of halogens is 2. The van der Waals surface area contributed by atoms with Gasteiger partial charge in [0.05, 0.1) is 17.3 Å². The van der Waals surface area contributed by atoms with E-state index in [0.29, 0.717) is 23.8 Å². The van der Waals surface area contributed by atoms with Crippen LogP contribution in [0, 0.1) is 0 Å². The molecule has 1 aliphatic rings. The van der Waals surface area contributed by atoms with Gasteiger partial charge in [0.2, 0.25) is 5.91 Å². The lowest BCUT2D eigenvalue weighted by Crippen LogP contribution is -2.59. The molecule has 114 valence electrons. The second-order valence-corrected chi connectivity index (χ2v) is 5.83. The van der Waals surface area contributed by atoms with Crippen LogP contribution in [0.15, 0.2) is 22.7 Å². The van der Waals surface area contributed by atoms with Gasteiger partial charge in [0.25, 0.3) is 0 Å². The number of urea groups is 1. The third-order valence-electron chi connectivity index (χ3n) is 3.09. The van der Waals surface area contributed by atoms with E-state index in [0.717, 1.165) is 4.47 Å². The molecule has 0 bridgehead atoms. The Kier molecular flexibility index (Phi) is 5.44. The van der Waals surface area contributed by atoms with Crippen molar-refractivity contribution in [3.8, 4) is 0 Å². The Balaban J connectivity index is 2.12. The Morgan fingerprint density at radius 1 is 1.62 bits per heavy atom. The van der Waals surface area contributed by atoms with Crippen LogP contribution in [0.2, 0.25) is 5.02 Å². The Labute approximate surface area is 135 Å². The molecule has 2 rings (SSSR count). The van der Waals surface area contributed by atoms with Gasteiger partial charge in [0, 0.05) is 24.7 Å². The van der Waals surface area contributed by atoms with Gasteiger partial charge in [-0.05, 0) is 18.2 Å². The highest BCUT2D eigenvalue weighted by Crippen LogP contribution is 2.26. The van der Waals surface area contributed by atoms with Gasteiger partial charge >= 0.3 is 6.03 Å². The number of anilines is 1. The minimum Gasteiger partial charge on any atom is -0.382 e. The highest BCUT2D eigenvalue weighted by Gasteiger charge is 2.33. The van der Waals surface area contributed by atoms with Crippen LogP contribution in [0.4, 0.5) is 10.5 Å². The molecule has 1 aromatic rings. The molecule has 21 heavy (non-hydrogen) atoms. The molecule has 8 heteroatoms. The van der Waals surface area contributed by atoms with Crippen LogP contribution in [0.1, 0.15) is 0 Å². The van der Waals surface area contributed by atoms with Crippen molar-refractivity contribution < 1.29 is 14.3 Å². The van der Waals surface area contributed by atoms with Gasteiger partial charge in [0.15, 0.2) is 0 Å². The smallest absolute Gasteiger partial charge is 0.322 e. The first kappa shape index (κ1) is 16.1. The Morgan fingerprint density at radius 3 is 3.05 bits per heavy atom. The van der Waals surface area contributed by atoms with Gasteiger partial charge in [0.1, 0.15) is 6.04 Å². The highest BCUT2D eigenvalue weighted by molar-refractivity contribution is 9.10. The maximum Gasteiger partial charge on any atom is 0.322 e. The molecule has 6 nitrogen and oxygen atoms in total.